The van der Waals surface area contributed by atoms with Gasteiger partial charge in [-0.15, -0.1) is 11.3 Å². The van der Waals surface area contributed by atoms with Crippen LogP contribution in [-0.4, -0.2) is 46.9 Å². The molecule has 0 unspecified atom stereocenters. The number of nitrogens with zero attached hydrogens (tertiary/aromatic N) is 3. The predicted molar refractivity (Wildman–Crippen MR) is 127 cm³/mol. The molecule has 0 aliphatic carbocycles. The maximum atomic E-state index is 12.3. The number of benzene rings is 2. The lowest BCUT2D eigenvalue weighted by molar-refractivity contribution is -0.115. The maximum absolute atomic E-state index is 12.3. The Morgan fingerprint density at radius 2 is 1.65 bits per heavy atom. The second-order valence-electron chi connectivity index (χ2n) is 8.30. The molecule has 0 radical (unpaired) electrons. The van der Waals surface area contributed by atoms with E-state index in [2.05, 4.69) is 51.7 Å². The predicted octanol–water partition coefficient (Wildman–Crippen LogP) is 4.26. The van der Waals surface area contributed by atoms with E-state index in [4.69, 9.17) is 4.98 Å². The summed E-state index contributed by atoms with van der Waals surface area (Å²) >= 11 is 1.57. The van der Waals surface area contributed by atoms with Crippen LogP contribution in [-0.2, 0) is 24.3 Å². The minimum absolute atomic E-state index is 0.0189. The molecule has 0 spiro atoms. The normalized spacial score (nSPS) is 15.2. The van der Waals surface area contributed by atoms with Crippen molar-refractivity contribution in [3.63, 3.8) is 0 Å². The number of amides is 1. The SMILES string of the molecule is Cc1ccc(NC(=O)Cc2nc(CN3CCN(Cc4ccccc4C)CC3)cs2)cc1. The average molecular weight is 435 g/mol. The molecule has 2 heterocycles. The van der Waals surface area contributed by atoms with Gasteiger partial charge < -0.3 is 5.32 Å². The van der Waals surface area contributed by atoms with Gasteiger partial charge in [0.1, 0.15) is 5.01 Å². The number of hydrogen-bond donors (Lipinski definition) is 1. The lowest BCUT2D eigenvalue weighted by Gasteiger charge is -2.34. The van der Waals surface area contributed by atoms with Gasteiger partial charge in [-0.2, -0.15) is 0 Å². The first-order chi connectivity index (χ1) is 15.0. The Bertz CT molecular complexity index is 1010. The molecule has 1 aromatic heterocycles. The standard InChI is InChI=1S/C25H30N4OS/c1-19-7-9-22(10-8-19)26-24(30)15-25-27-23(18-31-25)17-29-13-11-28(12-14-29)16-21-6-4-3-5-20(21)2/h3-10,18H,11-17H2,1-2H3,(H,26,30). The van der Waals surface area contributed by atoms with Gasteiger partial charge in [0.25, 0.3) is 0 Å². The van der Waals surface area contributed by atoms with Crippen molar-refractivity contribution in [3.05, 3.63) is 81.3 Å². The number of thiazole rings is 1. The molecule has 1 fully saturated rings. The van der Waals surface area contributed by atoms with Gasteiger partial charge in [-0.3, -0.25) is 14.6 Å². The summed E-state index contributed by atoms with van der Waals surface area (Å²) in [6.07, 6.45) is 0.322. The van der Waals surface area contributed by atoms with Crippen LogP contribution in [0.1, 0.15) is 27.4 Å². The number of piperazine rings is 1. The van der Waals surface area contributed by atoms with E-state index >= 15 is 0 Å². The molecule has 6 heteroatoms. The van der Waals surface area contributed by atoms with Crippen LogP contribution in [0.15, 0.2) is 53.9 Å². The van der Waals surface area contributed by atoms with Gasteiger partial charge in [0, 0.05) is 50.3 Å². The smallest absolute Gasteiger partial charge is 0.231 e. The van der Waals surface area contributed by atoms with Gasteiger partial charge in [0.2, 0.25) is 5.91 Å². The minimum atomic E-state index is -0.0189. The van der Waals surface area contributed by atoms with Crippen molar-refractivity contribution in [1.82, 2.24) is 14.8 Å². The Kier molecular flexibility index (Phi) is 7.12. The van der Waals surface area contributed by atoms with Gasteiger partial charge in [-0.05, 0) is 37.1 Å². The molecule has 0 bridgehead atoms. The highest BCUT2D eigenvalue weighted by atomic mass is 32.1. The van der Waals surface area contributed by atoms with Crippen molar-refractivity contribution in [2.24, 2.45) is 0 Å². The van der Waals surface area contributed by atoms with Crippen molar-refractivity contribution < 1.29 is 4.79 Å². The van der Waals surface area contributed by atoms with E-state index in [1.165, 1.54) is 16.7 Å². The summed E-state index contributed by atoms with van der Waals surface area (Å²) in [5.74, 6) is -0.0189. The van der Waals surface area contributed by atoms with Crippen LogP contribution in [0.3, 0.4) is 0 Å². The molecule has 1 aliphatic rings. The first-order valence-corrected chi connectivity index (χ1v) is 11.7. The summed E-state index contributed by atoms with van der Waals surface area (Å²) in [5.41, 5.74) is 5.86. The molecular formula is C25H30N4OS. The molecule has 2 aromatic carbocycles. The molecule has 0 saturated carbocycles. The Morgan fingerprint density at radius 1 is 0.968 bits per heavy atom. The van der Waals surface area contributed by atoms with Gasteiger partial charge in [0.15, 0.2) is 0 Å². The highest BCUT2D eigenvalue weighted by Gasteiger charge is 2.19. The van der Waals surface area contributed by atoms with Gasteiger partial charge in [-0.25, -0.2) is 4.98 Å². The highest BCUT2D eigenvalue weighted by Crippen LogP contribution is 2.17. The van der Waals surface area contributed by atoms with E-state index in [0.717, 1.165) is 55.7 Å². The van der Waals surface area contributed by atoms with Gasteiger partial charge in [-0.1, -0.05) is 42.0 Å². The molecule has 31 heavy (non-hydrogen) atoms. The van der Waals surface area contributed by atoms with Crippen molar-refractivity contribution in [3.8, 4) is 0 Å². The zero-order chi connectivity index (χ0) is 21.6. The maximum Gasteiger partial charge on any atom is 0.231 e. The molecule has 5 nitrogen and oxygen atoms in total. The van der Waals surface area contributed by atoms with Gasteiger partial charge in [0.05, 0.1) is 12.1 Å². The molecule has 1 N–H and O–H groups in total. The van der Waals surface area contributed by atoms with Crippen LogP contribution in [0.5, 0.6) is 0 Å². The van der Waals surface area contributed by atoms with Crippen molar-refractivity contribution in [1.29, 1.82) is 0 Å². The summed E-state index contributed by atoms with van der Waals surface area (Å²) < 4.78 is 0. The summed E-state index contributed by atoms with van der Waals surface area (Å²) in [7, 11) is 0. The van der Waals surface area contributed by atoms with E-state index in [9.17, 15) is 4.79 Å². The summed E-state index contributed by atoms with van der Waals surface area (Å²) in [4.78, 5) is 22.0. The second-order valence-corrected chi connectivity index (χ2v) is 9.24. The Hall–Kier alpha value is -2.54. The fourth-order valence-corrected chi connectivity index (χ4v) is 4.63. The average Bonchev–Trinajstić information content (AvgIpc) is 3.19. The lowest BCUT2D eigenvalue weighted by atomic mass is 10.1. The Balaban J connectivity index is 1.22. The fourth-order valence-electron chi connectivity index (χ4n) is 3.85. The zero-order valence-corrected chi connectivity index (χ0v) is 19.1. The third-order valence-corrected chi connectivity index (χ3v) is 6.65. The summed E-state index contributed by atoms with van der Waals surface area (Å²) in [5, 5.41) is 5.91. The monoisotopic (exact) mass is 434 g/mol. The number of rotatable bonds is 7. The van der Waals surface area contributed by atoms with Crippen LogP contribution < -0.4 is 5.32 Å². The molecule has 1 amide bonds. The lowest BCUT2D eigenvalue weighted by Crippen LogP contribution is -2.45. The minimum Gasteiger partial charge on any atom is -0.326 e. The molecule has 162 valence electrons. The number of anilines is 1. The molecule has 1 aliphatic heterocycles. The zero-order valence-electron chi connectivity index (χ0n) is 18.3. The number of carbonyl (C=O) groups is 1. The Morgan fingerprint density at radius 3 is 2.35 bits per heavy atom. The van der Waals surface area contributed by atoms with E-state index in [0.29, 0.717) is 6.42 Å². The fraction of sp³-hybridized carbons (Fsp3) is 0.360. The highest BCUT2D eigenvalue weighted by molar-refractivity contribution is 7.09. The van der Waals surface area contributed by atoms with Crippen LogP contribution in [0, 0.1) is 13.8 Å². The molecule has 0 atom stereocenters. The molecule has 1 saturated heterocycles. The number of aryl methyl sites for hydroxylation is 2. The topological polar surface area (TPSA) is 48.5 Å². The van der Waals surface area contributed by atoms with E-state index in [1.807, 2.05) is 31.2 Å². The molecule has 3 aromatic rings. The second kappa shape index (κ2) is 10.2. The van der Waals surface area contributed by atoms with E-state index < -0.39 is 0 Å². The van der Waals surface area contributed by atoms with Crippen LogP contribution in [0.25, 0.3) is 0 Å². The summed E-state index contributed by atoms with van der Waals surface area (Å²) in [6.45, 7) is 10.3. The van der Waals surface area contributed by atoms with Crippen molar-refractivity contribution in [2.75, 3.05) is 31.5 Å². The Labute approximate surface area is 188 Å². The van der Waals surface area contributed by atoms with E-state index in [1.54, 1.807) is 11.3 Å². The van der Waals surface area contributed by atoms with Gasteiger partial charge >= 0.3 is 0 Å². The van der Waals surface area contributed by atoms with Crippen LogP contribution >= 0.6 is 11.3 Å². The third-order valence-electron chi connectivity index (χ3n) is 5.75. The summed E-state index contributed by atoms with van der Waals surface area (Å²) in [6, 6.07) is 16.5. The first-order valence-electron chi connectivity index (χ1n) is 10.8. The van der Waals surface area contributed by atoms with E-state index in [-0.39, 0.29) is 5.91 Å². The van der Waals surface area contributed by atoms with Crippen molar-refractivity contribution in [2.45, 2.75) is 33.4 Å². The number of aromatic nitrogens is 1. The quantitative estimate of drug-likeness (QED) is 0.604. The molecule has 4 rings (SSSR count). The first kappa shape index (κ1) is 21.7. The largest absolute Gasteiger partial charge is 0.326 e. The third kappa shape index (κ3) is 6.23. The van der Waals surface area contributed by atoms with Crippen LogP contribution in [0.2, 0.25) is 0 Å². The van der Waals surface area contributed by atoms with Crippen molar-refractivity contribution >= 4 is 22.9 Å². The number of hydrogen-bond acceptors (Lipinski definition) is 5. The molecular weight excluding hydrogens is 404 g/mol. The van der Waals surface area contributed by atoms with Crippen LogP contribution in [0.4, 0.5) is 5.69 Å². The number of nitrogens with one attached hydrogen (secondary N) is 1. The number of carbonyl (C=O) groups excluding carboxylic acids is 1.